The van der Waals surface area contributed by atoms with Crippen LogP contribution in [0.15, 0.2) is 24.3 Å². The predicted molar refractivity (Wildman–Crippen MR) is 72.7 cm³/mol. The van der Waals surface area contributed by atoms with E-state index in [-0.39, 0.29) is 12.4 Å². The van der Waals surface area contributed by atoms with Crippen LogP contribution in [0.2, 0.25) is 0 Å². The third-order valence-electron chi connectivity index (χ3n) is 1.98. The second-order valence-electron chi connectivity index (χ2n) is 3.60. The molecule has 1 aromatic carbocycles. The molecular formula is C11H18ClNO4S. The Balaban J connectivity index is 0.00000289. The topological polar surface area (TPSA) is 64.6 Å². The molecule has 7 heteroatoms. The molecule has 5 nitrogen and oxygen atoms in total. The summed E-state index contributed by atoms with van der Waals surface area (Å²) < 4.78 is 31.4. The van der Waals surface area contributed by atoms with Crippen LogP contribution < -0.4 is 9.50 Å². The van der Waals surface area contributed by atoms with Crippen molar-refractivity contribution in [3.63, 3.8) is 0 Å². The van der Waals surface area contributed by atoms with Crippen molar-refractivity contribution in [3.05, 3.63) is 29.8 Å². The van der Waals surface area contributed by atoms with Gasteiger partial charge in [-0.15, -0.1) is 12.4 Å². The van der Waals surface area contributed by atoms with Gasteiger partial charge >= 0.3 is 10.1 Å². The fourth-order valence-electron chi connectivity index (χ4n) is 1.24. The molecule has 0 heterocycles. The summed E-state index contributed by atoms with van der Waals surface area (Å²) in [5, 5.41) is 3.19. The zero-order valence-electron chi connectivity index (χ0n) is 10.4. The standard InChI is InChI=1S/C11H17NO4S.ClH/c1-15-8-7-12-9-10-3-5-11(6-4-10)16-17(2,13)14;/h3-6,12H,7-9H2,1-2H3;1H. The minimum Gasteiger partial charge on any atom is -0.383 e. The molecule has 0 aliphatic heterocycles. The molecule has 0 unspecified atom stereocenters. The highest BCUT2D eigenvalue weighted by atomic mass is 35.5. The lowest BCUT2D eigenvalue weighted by Gasteiger charge is -2.06. The van der Waals surface area contributed by atoms with Gasteiger partial charge in [-0.3, -0.25) is 0 Å². The third-order valence-corrected chi connectivity index (χ3v) is 2.48. The van der Waals surface area contributed by atoms with E-state index in [1.54, 1.807) is 19.2 Å². The monoisotopic (exact) mass is 295 g/mol. The Labute approximate surface area is 114 Å². The highest BCUT2D eigenvalue weighted by molar-refractivity contribution is 7.86. The van der Waals surface area contributed by atoms with E-state index in [1.807, 2.05) is 12.1 Å². The van der Waals surface area contributed by atoms with Gasteiger partial charge in [-0.1, -0.05) is 12.1 Å². The predicted octanol–water partition coefficient (Wildman–Crippen LogP) is 1.18. The van der Waals surface area contributed by atoms with E-state index in [0.717, 1.165) is 18.4 Å². The SMILES string of the molecule is COCCNCc1ccc(OS(C)(=O)=O)cc1.Cl. The number of nitrogens with one attached hydrogen (secondary N) is 1. The lowest BCUT2D eigenvalue weighted by molar-refractivity contribution is 0.199. The highest BCUT2D eigenvalue weighted by Crippen LogP contribution is 2.13. The van der Waals surface area contributed by atoms with Crippen LogP contribution in [0.3, 0.4) is 0 Å². The lowest BCUT2D eigenvalue weighted by atomic mass is 10.2. The molecule has 1 aromatic rings. The fraction of sp³-hybridized carbons (Fsp3) is 0.455. The molecule has 1 rings (SSSR count). The Bertz CT molecular complexity index is 433. The van der Waals surface area contributed by atoms with Gasteiger partial charge in [-0.2, -0.15) is 8.42 Å². The molecule has 0 aliphatic carbocycles. The molecule has 0 saturated carbocycles. The molecule has 0 fully saturated rings. The van der Waals surface area contributed by atoms with Crippen LogP contribution in [0.5, 0.6) is 5.75 Å². The van der Waals surface area contributed by atoms with Gasteiger partial charge in [0.15, 0.2) is 0 Å². The molecule has 0 radical (unpaired) electrons. The van der Waals surface area contributed by atoms with E-state index < -0.39 is 10.1 Å². The van der Waals surface area contributed by atoms with Crippen LogP contribution in [-0.2, 0) is 21.4 Å². The molecule has 18 heavy (non-hydrogen) atoms. The van der Waals surface area contributed by atoms with Gasteiger partial charge in [-0.05, 0) is 17.7 Å². The first-order chi connectivity index (χ1) is 8.01. The molecule has 0 spiro atoms. The van der Waals surface area contributed by atoms with E-state index in [1.165, 1.54) is 0 Å². The number of rotatable bonds is 7. The van der Waals surface area contributed by atoms with Crippen LogP contribution in [0, 0.1) is 0 Å². The summed E-state index contributed by atoms with van der Waals surface area (Å²) in [5.74, 6) is 0.327. The van der Waals surface area contributed by atoms with E-state index in [2.05, 4.69) is 5.32 Å². The average molecular weight is 296 g/mol. The summed E-state index contributed by atoms with van der Waals surface area (Å²) >= 11 is 0. The minimum absolute atomic E-state index is 0. The summed E-state index contributed by atoms with van der Waals surface area (Å²) in [5.41, 5.74) is 1.06. The van der Waals surface area contributed by atoms with Crippen molar-refractivity contribution >= 4 is 22.5 Å². The number of hydrogen-bond donors (Lipinski definition) is 1. The zero-order chi connectivity index (χ0) is 12.7. The highest BCUT2D eigenvalue weighted by Gasteiger charge is 2.03. The summed E-state index contributed by atoms with van der Waals surface area (Å²) in [6.45, 7) is 2.15. The summed E-state index contributed by atoms with van der Waals surface area (Å²) in [7, 11) is -1.79. The van der Waals surface area contributed by atoms with Gasteiger partial charge in [0.25, 0.3) is 0 Å². The van der Waals surface area contributed by atoms with Crippen LogP contribution in [0.25, 0.3) is 0 Å². The van der Waals surface area contributed by atoms with Crippen LogP contribution in [-0.4, -0.2) is 34.9 Å². The van der Waals surface area contributed by atoms with Gasteiger partial charge in [0.05, 0.1) is 12.9 Å². The first kappa shape index (κ1) is 17.2. The molecular weight excluding hydrogens is 278 g/mol. The Hall–Kier alpha value is -0.820. The van der Waals surface area contributed by atoms with E-state index >= 15 is 0 Å². The maximum Gasteiger partial charge on any atom is 0.306 e. The molecule has 0 amide bonds. The summed E-state index contributed by atoms with van der Waals surface area (Å²) in [6, 6.07) is 6.91. The van der Waals surface area contributed by atoms with Gasteiger partial charge in [0, 0.05) is 20.2 Å². The van der Waals surface area contributed by atoms with Crippen molar-refractivity contribution in [3.8, 4) is 5.75 Å². The summed E-state index contributed by atoms with van der Waals surface area (Å²) in [4.78, 5) is 0. The van der Waals surface area contributed by atoms with Gasteiger partial charge in [0.2, 0.25) is 0 Å². The Morgan fingerprint density at radius 2 is 1.83 bits per heavy atom. The Kier molecular flexibility index (Phi) is 7.93. The fourth-order valence-corrected chi connectivity index (χ4v) is 1.71. The number of ether oxygens (including phenoxy) is 1. The first-order valence-electron chi connectivity index (χ1n) is 5.19. The quantitative estimate of drug-likeness (QED) is 0.604. The van der Waals surface area contributed by atoms with Crippen LogP contribution >= 0.6 is 12.4 Å². The van der Waals surface area contributed by atoms with Crippen LogP contribution in [0.1, 0.15) is 5.56 Å². The van der Waals surface area contributed by atoms with Crippen molar-refractivity contribution in [1.29, 1.82) is 0 Å². The second kappa shape index (κ2) is 8.31. The molecule has 0 aliphatic rings. The molecule has 0 saturated heterocycles. The molecule has 0 bridgehead atoms. The maximum absolute atomic E-state index is 10.9. The number of halogens is 1. The Morgan fingerprint density at radius 1 is 1.22 bits per heavy atom. The normalized spacial score (nSPS) is 10.8. The van der Waals surface area contributed by atoms with Crippen LogP contribution in [0.4, 0.5) is 0 Å². The smallest absolute Gasteiger partial charge is 0.306 e. The van der Waals surface area contributed by atoms with E-state index in [9.17, 15) is 8.42 Å². The largest absolute Gasteiger partial charge is 0.383 e. The lowest BCUT2D eigenvalue weighted by Crippen LogP contribution is -2.18. The van der Waals surface area contributed by atoms with Crippen molar-refractivity contribution in [2.75, 3.05) is 26.5 Å². The third kappa shape index (κ3) is 7.50. The molecule has 0 atom stereocenters. The number of hydrogen-bond acceptors (Lipinski definition) is 5. The molecule has 1 N–H and O–H groups in total. The van der Waals surface area contributed by atoms with Crippen molar-refractivity contribution < 1.29 is 17.3 Å². The number of benzene rings is 1. The molecule has 104 valence electrons. The van der Waals surface area contributed by atoms with Crippen molar-refractivity contribution in [2.24, 2.45) is 0 Å². The first-order valence-corrected chi connectivity index (χ1v) is 7.01. The average Bonchev–Trinajstić information content (AvgIpc) is 2.25. The maximum atomic E-state index is 10.9. The van der Waals surface area contributed by atoms with Gasteiger partial charge < -0.3 is 14.2 Å². The summed E-state index contributed by atoms with van der Waals surface area (Å²) in [6.07, 6.45) is 1.02. The van der Waals surface area contributed by atoms with Gasteiger partial charge in [0.1, 0.15) is 5.75 Å². The Morgan fingerprint density at radius 3 is 2.33 bits per heavy atom. The van der Waals surface area contributed by atoms with E-state index in [0.29, 0.717) is 18.9 Å². The zero-order valence-corrected chi connectivity index (χ0v) is 12.0. The minimum atomic E-state index is -3.45. The number of methoxy groups -OCH3 is 1. The van der Waals surface area contributed by atoms with Crippen molar-refractivity contribution in [2.45, 2.75) is 6.54 Å². The van der Waals surface area contributed by atoms with Gasteiger partial charge in [-0.25, -0.2) is 0 Å². The molecule has 0 aromatic heterocycles. The second-order valence-corrected chi connectivity index (χ2v) is 5.18. The van der Waals surface area contributed by atoms with E-state index in [4.69, 9.17) is 8.92 Å². The van der Waals surface area contributed by atoms with Crippen molar-refractivity contribution in [1.82, 2.24) is 5.32 Å².